The van der Waals surface area contributed by atoms with E-state index in [1.807, 2.05) is 12.3 Å². The first-order valence-electron chi connectivity index (χ1n) is 22.4. The van der Waals surface area contributed by atoms with Gasteiger partial charge in [0.2, 0.25) is 0 Å². The molecule has 0 N–H and O–H groups in total. The molecule has 2 aromatic heterocycles. The van der Waals surface area contributed by atoms with Crippen LogP contribution in [0.4, 0.5) is 11.4 Å². The summed E-state index contributed by atoms with van der Waals surface area (Å²) >= 11 is 0. The number of rotatable bonds is 8. The molecule has 8 aromatic rings. The third-order valence-electron chi connectivity index (χ3n) is 12.6. The van der Waals surface area contributed by atoms with E-state index >= 15 is 0 Å². The van der Waals surface area contributed by atoms with Crippen molar-refractivity contribution < 1.29 is 25.8 Å². The van der Waals surface area contributed by atoms with Crippen LogP contribution < -0.4 is 14.5 Å². The van der Waals surface area contributed by atoms with E-state index in [2.05, 4.69) is 249 Å². The maximum Gasteiger partial charge on any atom is 0.135 e. The van der Waals surface area contributed by atoms with Gasteiger partial charge in [-0.05, 0) is 86.0 Å². The summed E-state index contributed by atoms with van der Waals surface area (Å²) in [6.07, 6.45) is 4.19. The Balaban J connectivity index is 0.00000576. The van der Waals surface area contributed by atoms with Crippen LogP contribution in [-0.4, -0.2) is 9.55 Å². The van der Waals surface area contributed by atoms with Crippen LogP contribution in [0.1, 0.15) is 98.4 Å². The molecule has 0 aliphatic carbocycles. The van der Waals surface area contributed by atoms with Crippen molar-refractivity contribution in [2.45, 2.75) is 92.4 Å². The number of benzene rings is 6. The first kappa shape index (κ1) is 45.7. The van der Waals surface area contributed by atoms with Crippen LogP contribution in [0, 0.1) is 24.2 Å². The quantitative estimate of drug-likeness (QED) is 0.142. The van der Waals surface area contributed by atoms with Crippen molar-refractivity contribution in [1.82, 2.24) is 9.55 Å². The summed E-state index contributed by atoms with van der Waals surface area (Å²) in [5.74, 6) is 2.07. The van der Waals surface area contributed by atoms with Crippen LogP contribution >= 0.6 is 0 Å². The van der Waals surface area contributed by atoms with Gasteiger partial charge in [-0.15, -0.1) is 53.6 Å². The Labute approximate surface area is 401 Å². The van der Waals surface area contributed by atoms with Gasteiger partial charge in [0.05, 0.1) is 0 Å². The molecule has 334 valence electrons. The van der Waals surface area contributed by atoms with Gasteiger partial charge >= 0.3 is 0 Å². The van der Waals surface area contributed by atoms with Gasteiger partial charge in [-0.1, -0.05) is 167 Å². The van der Waals surface area contributed by atoms with Crippen LogP contribution in [0.5, 0.6) is 11.5 Å². The van der Waals surface area contributed by atoms with Crippen molar-refractivity contribution in [1.29, 1.82) is 0 Å². The van der Waals surface area contributed by atoms with Crippen LogP contribution in [0.15, 0.2) is 158 Å². The fourth-order valence-corrected chi connectivity index (χ4v) is 8.69. The van der Waals surface area contributed by atoms with Crippen molar-refractivity contribution in [2.24, 2.45) is 5.41 Å². The summed E-state index contributed by atoms with van der Waals surface area (Å²) < 4.78 is 9.17. The molecule has 0 unspecified atom stereocenters. The monoisotopic (exact) mass is 1030 g/mol. The van der Waals surface area contributed by atoms with Crippen molar-refractivity contribution in [3.63, 3.8) is 0 Å². The molecule has 0 spiro atoms. The summed E-state index contributed by atoms with van der Waals surface area (Å²) in [5, 5.41) is 2.23. The zero-order valence-corrected chi connectivity index (χ0v) is 41.8. The van der Waals surface area contributed by atoms with E-state index in [9.17, 15) is 0 Å². The Morgan fingerprint density at radius 2 is 1.22 bits per heavy atom. The summed E-state index contributed by atoms with van der Waals surface area (Å²) in [5.41, 5.74) is 11.7. The minimum absolute atomic E-state index is 0. The van der Waals surface area contributed by atoms with Crippen molar-refractivity contribution in [3.8, 4) is 28.4 Å². The molecule has 65 heavy (non-hydrogen) atoms. The zero-order chi connectivity index (χ0) is 45.2. The van der Waals surface area contributed by atoms with Gasteiger partial charge in [0.15, 0.2) is 0 Å². The number of hydrogen-bond acceptors (Lipinski definition) is 4. The van der Waals surface area contributed by atoms with Crippen LogP contribution in [0.3, 0.4) is 0 Å². The minimum atomic E-state index is -0.357. The Hall–Kier alpha value is -5.90. The average Bonchev–Trinajstić information content (AvgIpc) is 3.87. The molecular formula is C59H59N4OPt-3. The molecule has 1 aliphatic rings. The van der Waals surface area contributed by atoms with Crippen LogP contribution in [-0.2, 0) is 37.3 Å². The number of ether oxygens (including phenoxy) is 1. The van der Waals surface area contributed by atoms with Crippen molar-refractivity contribution in [2.75, 3.05) is 9.80 Å². The van der Waals surface area contributed by atoms with Crippen molar-refractivity contribution >= 4 is 33.2 Å². The third-order valence-corrected chi connectivity index (χ3v) is 12.6. The minimum Gasteiger partial charge on any atom is -0.509 e. The second kappa shape index (κ2) is 17.1. The van der Waals surface area contributed by atoms with E-state index in [-0.39, 0.29) is 42.7 Å². The van der Waals surface area contributed by atoms with E-state index < -0.39 is 0 Å². The zero-order valence-electron chi connectivity index (χ0n) is 39.5. The van der Waals surface area contributed by atoms with E-state index in [0.717, 1.165) is 50.3 Å². The molecule has 0 saturated carbocycles. The van der Waals surface area contributed by atoms with Crippen molar-refractivity contribution in [3.05, 3.63) is 199 Å². The topological polar surface area (TPSA) is 33.5 Å². The van der Waals surface area contributed by atoms with Gasteiger partial charge in [-0.2, -0.15) is 6.07 Å². The summed E-state index contributed by atoms with van der Waals surface area (Å²) in [4.78, 5) is 9.47. The summed E-state index contributed by atoms with van der Waals surface area (Å²) in [7, 11) is 0. The van der Waals surface area contributed by atoms with E-state index in [1.165, 1.54) is 27.8 Å². The number of nitrogens with zero attached hydrogens (tertiary/aromatic N) is 4. The van der Waals surface area contributed by atoms with Gasteiger partial charge in [0.1, 0.15) is 5.82 Å². The second-order valence-electron chi connectivity index (χ2n) is 20.8. The van der Waals surface area contributed by atoms with Gasteiger partial charge in [-0.25, -0.2) is 4.98 Å². The standard InChI is InChI=1S/C59H59N4O.Pt/c1-56(2,3)43-28-29-60-55(35-43)63-52-25-19-18-24-50(52)51-27-26-48(37-53(51)63)64-49-34-45(59(10,11)42-22-16-13-17-23-42)33-47(36-49)62-39-61(38-54(62)58(7,8)9)46-31-41(40-20-14-12-15-21-40)30-44(32-46)57(4,5)6;/h12-35,38-39H,1-11H3;/q-3;. The number of anilines is 2. The normalized spacial score (nSPS) is 13.6. The van der Waals surface area contributed by atoms with E-state index in [1.54, 1.807) is 0 Å². The fraction of sp³-hybridized carbons (Fsp3) is 0.254. The molecule has 1 aliphatic heterocycles. The maximum absolute atomic E-state index is 6.96. The predicted molar refractivity (Wildman–Crippen MR) is 267 cm³/mol. The number of allylic oxidation sites excluding steroid dienone is 1. The Bertz CT molecular complexity index is 3030. The third kappa shape index (κ3) is 9.05. The summed E-state index contributed by atoms with van der Waals surface area (Å²) in [6, 6.07) is 57.2. The molecule has 6 heteroatoms. The summed E-state index contributed by atoms with van der Waals surface area (Å²) in [6.45, 7) is 27.1. The van der Waals surface area contributed by atoms with E-state index in [0.29, 0.717) is 11.5 Å². The smallest absolute Gasteiger partial charge is 0.135 e. The molecular weight excluding hydrogens is 976 g/mol. The molecule has 0 fully saturated rings. The number of hydrogen-bond donors (Lipinski definition) is 0. The molecule has 0 bridgehead atoms. The number of pyridine rings is 1. The van der Waals surface area contributed by atoms with E-state index in [4.69, 9.17) is 9.72 Å². The van der Waals surface area contributed by atoms with Gasteiger partial charge in [0, 0.05) is 61.1 Å². The SMILES string of the molecule is CC(C)(C)C1=CN(c2cc(-c3ccccc3)cc(C(C)(C)C)c2)[CH-]N1c1[c-]c(Oc2[c-]c3c(cc2)c2ccccc2n3-c2cc(C(C)(C)C)ccn2)cc(C(C)(C)c2ccccc2)c1.[Pt]. The second-order valence-corrected chi connectivity index (χ2v) is 20.8. The molecule has 5 nitrogen and oxygen atoms in total. The molecule has 3 heterocycles. The van der Waals surface area contributed by atoms with Gasteiger partial charge < -0.3 is 19.1 Å². The first-order chi connectivity index (χ1) is 30.3. The predicted octanol–water partition coefficient (Wildman–Crippen LogP) is 15.5. The Morgan fingerprint density at radius 1 is 0.538 bits per heavy atom. The van der Waals surface area contributed by atoms with Gasteiger partial charge in [-0.3, -0.25) is 0 Å². The number of aromatic nitrogens is 2. The molecule has 0 atom stereocenters. The number of para-hydroxylation sites is 1. The van der Waals surface area contributed by atoms with Gasteiger partial charge in [0.25, 0.3) is 0 Å². The first-order valence-corrected chi connectivity index (χ1v) is 22.4. The van der Waals surface area contributed by atoms with Crippen LogP contribution in [0.2, 0.25) is 0 Å². The average molecular weight is 1040 g/mol. The fourth-order valence-electron chi connectivity index (χ4n) is 8.69. The molecule has 0 saturated heterocycles. The largest absolute Gasteiger partial charge is 0.509 e. The maximum atomic E-state index is 6.96. The molecule has 0 amide bonds. The Kier molecular flexibility index (Phi) is 12.0. The molecule has 6 aromatic carbocycles. The Morgan fingerprint density at radius 3 is 1.91 bits per heavy atom. The molecule has 9 rings (SSSR count). The van der Waals surface area contributed by atoms with Crippen LogP contribution in [0.25, 0.3) is 38.8 Å². The number of fused-ring (bicyclic) bond motifs is 3. The molecule has 0 radical (unpaired) electrons.